The molecule has 1 aromatic rings. The van der Waals surface area contributed by atoms with Crippen molar-refractivity contribution in [3.63, 3.8) is 0 Å². The standard InChI is InChI=1S/C14H19NO/c1-12(9-13-5-3-2-4-6-13)10-15-8-7-14(16)11-15/h2-6,9,14,16H,7-8,10-11H2,1H3/t14-/m1/s1. The molecule has 1 aliphatic rings. The van der Waals surface area contributed by atoms with Crippen LogP contribution in [0, 0.1) is 0 Å². The second kappa shape index (κ2) is 5.28. The van der Waals surface area contributed by atoms with Crippen molar-refractivity contribution in [1.82, 2.24) is 4.90 Å². The van der Waals surface area contributed by atoms with E-state index in [9.17, 15) is 5.11 Å². The minimum Gasteiger partial charge on any atom is -0.392 e. The van der Waals surface area contributed by atoms with E-state index in [4.69, 9.17) is 0 Å². The molecule has 0 unspecified atom stereocenters. The third-order valence-electron chi connectivity index (χ3n) is 2.93. The molecule has 2 heteroatoms. The molecule has 0 bridgehead atoms. The van der Waals surface area contributed by atoms with Gasteiger partial charge in [0.25, 0.3) is 0 Å². The van der Waals surface area contributed by atoms with Crippen LogP contribution >= 0.6 is 0 Å². The van der Waals surface area contributed by atoms with E-state index in [2.05, 4.69) is 42.2 Å². The van der Waals surface area contributed by atoms with Crippen LogP contribution in [0.15, 0.2) is 35.9 Å². The number of hydrogen-bond acceptors (Lipinski definition) is 2. The highest BCUT2D eigenvalue weighted by Crippen LogP contribution is 2.12. The summed E-state index contributed by atoms with van der Waals surface area (Å²) < 4.78 is 0. The molecule has 1 fully saturated rings. The van der Waals surface area contributed by atoms with Crippen molar-refractivity contribution in [2.75, 3.05) is 19.6 Å². The number of rotatable bonds is 3. The van der Waals surface area contributed by atoms with E-state index >= 15 is 0 Å². The molecule has 2 nitrogen and oxygen atoms in total. The molecule has 1 heterocycles. The van der Waals surface area contributed by atoms with Gasteiger partial charge in [0.2, 0.25) is 0 Å². The molecule has 0 saturated carbocycles. The smallest absolute Gasteiger partial charge is 0.0679 e. The second-order valence-corrected chi connectivity index (χ2v) is 4.58. The van der Waals surface area contributed by atoms with Gasteiger partial charge in [0.05, 0.1) is 6.10 Å². The molecule has 0 aromatic heterocycles. The van der Waals surface area contributed by atoms with Gasteiger partial charge in [-0.15, -0.1) is 0 Å². The molecule has 1 N–H and O–H groups in total. The summed E-state index contributed by atoms with van der Waals surface area (Å²) >= 11 is 0. The molecule has 1 saturated heterocycles. The van der Waals surface area contributed by atoms with Gasteiger partial charge in [-0.2, -0.15) is 0 Å². The lowest BCUT2D eigenvalue weighted by atomic mass is 10.1. The Morgan fingerprint density at radius 2 is 2.19 bits per heavy atom. The van der Waals surface area contributed by atoms with E-state index in [-0.39, 0.29) is 6.10 Å². The summed E-state index contributed by atoms with van der Waals surface area (Å²) in [6.45, 7) is 4.95. The highest BCUT2D eigenvalue weighted by molar-refractivity contribution is 5.52. The summed E-state index contributed by atoms with van der Waals surface area (Å²) in [5, 5.41) is 9.44. The van der Waals surface area contributed by atoms with Crippen LogP contribution in [0.2, 0.25) is 0 Å². The summed E-state index contributed by atoms with van der Waals surface area (Å²) in [6.07, 6.45) is 3.01. The van der Waals surface area contributed by atoms with Gasteiger partial charge in [-0.3, -0.25) is 4.90 Å². The van der Waals surface area contributed by atoms with E-state index in [1.807, 2.05) is 6.07 Å². The zero-order valence-electron chi connectivity index (χ0n) is 9.76. The highest BCUT2D eigenvalue weighted by atomic mass is 16.3. The Kier molecular flexibility index (Phi) is 3.75. The average molecular weight is 217 g/mol. The SMILES string of the molecule is CC(=Cc1ccccc1)CN1CC[C@@H](O)C1. The Balaban J connectivity index is 1.93. The maximum atomic E-state index is 9.44. The number of aliphatic hydroxyl groups is 1. The maximum absolute atomic E-state index is 9.44. The van der Waals surface area contributed by atoms with E-state index in [0.717, 1.165) is 26.1 Å². The Morgan fingerprint density at radius 3 is 2.81 bits per heavy atom. The first-order chi connectivity index (χ1) is 7.74. The Bertz CT molecular complexity index is 358. The molecule has 2 rings (SSSR count). The summed E-state index contributed by atoms with van der Waals surface area (Å²) in [5.41, 5.74) is 2.60. The first-order valence-electron chi connectivity index (χ1n) is 5.86. The van der Waals surface area contributed by atoms with Crippen molar-refractivity contribution in [2.24, 2.45) is 0 Å². The van der Waals surface area contributed by atoms with Crippen molar-refractivity contribution in [3.05, 3.63) is 41.5 Å². The minimum absolute atomic E-state index is 0.121. The minimum atomic E-state index is -0.121. The molecule has 0 spiro atoms. The largest absolute Gasteiger partial charge is 0.392 e. The van der Waals surface area contributed by atoms with Gasteiger partial charge in [-0.05, 0) is 18.9 Å². The van der Waals surface area contributed by atoms with Crippen LogP contribution in [-0.4, -0.2) is 35.7 Å². The molecule has 1 aromatic carbocycles. The zero-order valence-corrected chi connectivity index (χ0v) is 9.76. The molecule has 1 aliphatic heterocycles. The fraction of sp³-hybridized carbons (Fsp3) is 0.429. The van der Waals surface area contributed by atoms with Crippen LogP contribution in [0.3, 0.4) is 0 Å². The zero-order chi connectivity index (χ0) is 11.4. The van der Waals surface area contributed by atoms with Crippen molar-refractivity contribution >= 4 is 6.08 Å². The van der Waals surface area contributed by atoms with Crippen molar-refractivity contribution in [3.8, 4) is 0 Å². The highest BCUT2D eigenvalue weighted by Gasteiger charge is 2.19. The normalized spacial score (nSPS) is 22.6. The van der Waals surface area contributed by atoms with Gasteiger partial charge in [-0.25, -0.2) is 0 Å². The molecule has 0 amide bonds. The lowest BCUT2D eigenvalue weighted by molar-refractivity contribution is 0.179. The second-order valence-electron chi connectivity index (χ2n) is 4.58. The van der Waals surface area contributed by atoms with Gasteiger partial charge < -0.3 is 5.11 Å². The molecule has 0 aliphatic carbocycles. The predicted octanol–water partition coefficient (Wildman–Crippen LogP) is 2.16. The molecule has 86 valence electrons. The van der Waals surface area contributed by atoms with E-state index < -0.39 is 0 Å². The van der Waals surface area contributed by atoms with Crippen LogP contribution in [0.4, 0.5) is 0 Å². The quantitative estimate of drug-likeness (QED) is 0.838. The third kappa shape index (κ3) is 3.19. The van der Waals surface area contributed by atoms with Crippen molar-refractivity contribution < 1.29 is 5.11 Å². The third-order valence-corrected chi connectivity index (χ3v) is 2.93. The number of nitrogens with zero attached hydrogens (tertiary/aromatic N) is 1. The topological polar surface area (TPSA) is 23.5 Å². The first-order valence-corrected chi connectivity index (χ1v) is 5.86. The molecular weight excluding hydrogens is 198 g/mol. The lowest BCUT2D eigenvalue weighted by Crippen LogP contribution is -2.23. The maximum Gasteiger partial charge on any atom is 0.0679 e. The average Bonchev–Trinajstić information content (AvgIpc) is 2.65. The molecule has 1 atom stereocenters. The van der Waals surface area contributed by atoms with Crippen LogP contribution in [0.1, 0.15) is 18.9 Å². The predicted molar refractivity (Wildman–Crippen MR) is 67.2 cm³/mol. The van der Waals surface area contributed by atoms with Crippen molar-refractivity contribution in [1.29, 1.82) is 0 Å². The van der Waals surface area contributed by atoms with E-state index in [1.54, 1.807) is 0 Å². The molecule has 0 radical (unpaired) electrons. The van der Waals surface area contributed by atoms with Crippen LogP contribution in [-0.2, 0) is 0 Å². The number of benzene rings is 1. The summed E-state index contributed by atoms with van der Waals surface area (Å²) in [4.78, 5) is 2.30. The molecule has 16 heavy (non-hydrogen) atoms. The van der Waals surface area contributed by atoms with Crippen LogP contribution < -0.4 is 0 Å². The first kappa shape index (κ1) is 11.4. The van der Waals surface area contributed by atoms with Gasteiger partial charge in [0.1, 0.15) is 0 Å². The summed E-state index contributed by atoms with van der Waals surface area (Å²) in [7, 11) is 0. The number of β-amino-alcohol motifs (C(OH)–C–C–N with tert-alkyl or cyclic N) is 1. The monoisotopic (exact) mass is 217 g/mol. The van der Waals surface area contributed by atoms with Gasteiger partial charge in [0.15, 0.2) is 0 Å². The van der Waals surface area contributed by atoms with Crippen LogP contribution in [0.25, 0.3) is 6.08 Å². The van der Waals surface area contributed by atoms with E-state index in [0.29, 0.717) is 0 Å². The Morgan fingerprint density at radius 1 is 1.44 bits per heavy atom. The van der Waals surface area contributed by atoms with E-state index in [1.165, 1.54) is 11.1 Å². The fourth-order valence-corrected chi connectivity index (χ4v) is 2.19. The van der Waals surface area contributed by atoms with Gasteiger partial charge in [-0.1, -0.05) is 42.0 Å². The molecular formula is C14H19NO. The van der Waals surface area contributed by atoms with Crippen molar-refractivity contribution in [2.45, 2.75) is 19.4 Å². The summed E-state index contributed by atoms with van der Waals surface area (Å²) in [6, 6.07) is 10.4. The number of aliphatic hydroxyl groups excluding tert-OH is 1. The number of hydrogen-bond donors (Lipinski definition) is 1. The van der Waals surface area contributed by atoms with Gasteiger partial charge in [0, 0.05) is 19.6 Å². The van der Waals surface area contributed by atoms with Gasteiger partial charge >= 0.3 is 0 Å². The Hall–Kier alpha value is -1.12. The summed E-state index contributed by atoms with van der Waals surface area (Å²) in [5.74, 6) is 0. The number of likely N-dealkylation sites (tertiary alicyclic amines) is 1. The Labute approximate surface area is 97.2 Å². The van der Waals surface area contributed by atoms with Crippen LogP contribution in [0.5, 0.6) is 0 Å². The lowest BCUT2D eigenvalue weighted by Gasteiger charge is -2.15. The fourth-order valence-electron chi connectivity index (χ4n) is 2.19.